The average molecular weight is 347 g/mol. The highest BCUT2D eigenvalue weighted by Crippen LogP contribution is 2.21. The summed E-state index contributed by atoms with van der Waals surface area (Å²) in [5.74, 6) is -0.197. The fourth-order valence-electron chi connectivity index (χ4n) is 2.94. The van der Waals surface area contributed by atoms with Crippen molar-refractivity contribution in [3.8, 4) is 0 Å². The van der Waals surface area contributed by atoms with Crippen LogP contribution in [0.2, 0.25) is 0 Å². The zero-order valence-electron chi connectivity index (χ0n) is 13.9. The second-order valence-corrected chi connectivity index (χ2v) is 6.10. The molecule has 2 amide bonds. The number of rotatable bonds is 4. The molecule has 0 saturated heterocycles. The van der Waals surface area contributed by atoms with Gasteiger partial charge in [0.05, 0.1) is 12.7 Å². The van der Waals surface area contributed by atoms with Crippen LogP contribution in [0.25, 0.3) is 0 Å². The quantitative estimate of drug-likeness (QED) is 0.672. The first kappa shape index (κ1) is 15.9. The van der Waals surface area contributed by atoms with Gasteiger partial charge in [0.2, 0.25) is 0 Å². The Hall–Kier alpha value is -3.61. The maximum absolute atomic E-state index is 12.5. The topological polar surface area (TPSA) is 102 Å². The Morgan fingerprint density at radius 2 is 2.04 bits per heavy atom. The van der Waals surface area contributed by atoms with Crippen LogP contribution in [0.3, 0.4) is 0 Å². The van der Waals surface area contributed by atoms with Gasteiger partial charge in [0.1, 0.15) is 11.4 Å². The first-order valence-corrected chi connectivity index (χ1v) is 8.19. The molecule has 0 fully saturated rings. The molecule has 1 aromatic heterocycles. The summed E-state index contributed by atoms with van der Waals surface area (Å²) in [7, 11) is 0. The maximum atomic E-state index is 12.5. The number of nitrogens with two attached hydrogens (primary N) is 1. The molecule has 0 unspecified atom stereocenters. The zero-order chi connectivity index (χ0) is 18.1. The van der Waals surface area contributed by atoms with Crippen molar-refractivity contribution in [2.24, 2.45) is 0 Å². The van der Waals surface area contributed by atoms with Crippen LogP contribution >= 0.6 is 0 Å². The minimum atomic E-state index is -0.361. The molecule has 1 aliphatic rings. The molecule has 2 heterocycles. The predicted octanol–water partition coefficient (Wildman–Crippen LogP) is 2.01. The number of nitrogen functional groups attached to an aromatic ring is 1. The van der Waals surface area contributed by atoms with E-state index in [1.165, 1.54) is 6.20 Å². The van der Waals surface area contributed by atoms with Crippen molar-refractivity contribution >= 4 is 23.3 Å². The molecule has 0 saturated carbocycles. The third-order valence-electron chi connectivity index (χ3n) is 4.35. The highest BCUT2D eigenvalue weighted by Gasteiger charge is 2.20. The number of nitrogens with zero attached hydrogens (tertiary/aromatic N) is 2. The van der Waals surface area contributed by atoms with Gasteiger partial charge in [-0.3, -0.25) is 9.59 Å². The Bertz CT molecular complexity index is 994. The van der Waals surface area contributed by atoms with Gasteiger partial charge in [-0.2, -0.15) is 5.10 Å². The minimum absolute atomic E-state index is 0.133. The van der Waals surface area contributed by atoms with Crippen LogP contribution < -0.4 is 16.4 Å². The smallest absolute Gasteiger partial charge is 0.261 e. The van der Waals surface area contributed by atoms with E-state index in [1.807, 2.05) is 36.4 Å². The number of hydrogen-bond donors (Lipinski definition) is 3. The molecule has 0 radical (unpaired) electrons. The fraction of sp³-hybridized carbons (Fsp3) is 0.105. The van der Waals surface area contributed by atoms with Crippen LogP contribution in [0.15, 0.2) is 54.7 Å². The van der Waals surface area contributed by atoms with Crippen LogP contribution in [0.4, 0.5) is 11.5 Å². The largest absolute Gasteiger partial charge is 0.383 e. The molecule has 1 aliphatic heterocycles. The van der Waals surface area contributed by atoms with E-state index in [4.69, 9.17) is 5.73 Å². The summed E-state index contributed by atoms with van der Waals surface area (Å²) < 4.78 is 1.58. The van der Waals surface area contributed by atoms with E-state index in [2.05, 4.69) is 15.7 Å². The predicted molar refractivity (Wildman–Crippen MR) is 97.7 cm³/mol. The molecule has 4 N–H and O–H groups in total. The lowest BCUT2D eigenvalue weighted by molar-refractivity contribution is 0.0964. The van der Waals surface area contributed by atoms with Gasteiger partial charge < -0.3 is 16.4 Å². The van der Waals surface area contributed by atoms with Gasteiger partial charge in [0.25, 0.3) is 11.8 Å². The second-order valence-electron chi connectivity index (χ2n) is 6.10. The lowest BCUT2D eigenvalue weighted by Crippen LogP contribution is -2.15. The normalized spacial score (nSPS) is 12.5. The standard InChI is InChI=1S/C19H17N5O2/c20-17-16(10-22-24(17)11-12-4-2-1-3-5-12)19(26)23-14-7-6-13-9-21-18(25)15(13)8-14/h1-8,10H,9,11,20H2,(H,21,25)(H,23,26). The van der Waals surface area contributed by atoms with Crippen molar-refractivity contribution in [3.63, 3.8) is 0 Å². The van der Waals surface area contributed by atoms with Gasteiger partial charge in [0.15, 0.2) is 0 Å². The van der Waals surface area contributed by atoms with Gasteiger partial charge in [-0.1, -0.05) is 36.4 Å². The maximum Gasteiger partial charge on any atom is 0.261 e. The van der Waals surface area contributed by atoms with Gasteiger partial charge in [-0.15, -0.1) is 0 Å². The molecule has 7 nitrogen and oxygen atoms in total. The van der Waals surface area contributed by atoms with Crippen molar-refractivity contribution in [3.05, 3.63) is 77.0 Å². The Morgan fingerprint density at radius 1 is 1.23 bits per heavy atom. The third kappa shape index (κ3) is 2.90. The van der Waals surface area contributed by atoms with E-state index in [0.29, 0.717) is 35.7 Å². The molecule has 0 atom stereocenters. The lowest BCUT2D eigenvalue weighted by Gasteiger charge is -2.07. The number of fused-ring (bicyclic) bond motifs is 1. The van der Waals surface area contributed by atoms with Crippen LogP contribution in [0, 0.1) is 0 Å². The van der Waals surface area contributed by atoms with Gasteiger partial charge in [-0.25, -0.2) is 4.68 Å². The van der Waals surface area contributed by atoms with E-state index < -0.39 is 0 Å². The first-order valence-electron chi connectivity index (χ1n) is 8.19. The van der Waals surface area contributed by atoms with Crippen LogP contribution in [-0.2, 0) is 13.1 Å². The summed E-state index contributed by atoms with van der Waals surface area (Å²) in [5.41, 5.74) is 9.47. The number of carbonyl (C=O) groups excluding carboxylic acids is 2. The zero-order valence-corrected chi connectivity index (χ0v) is 13.9. The van der Waals surface area contributed by atoms with Crippen molar-refractivity contribution in [2.45, 2.75) is 13.1 Å². The van der Waals surface area contributed by atoms with Gasteiger partial charge >= 0.3 is 0 Å². The molecule has 7 heteroatoms. The third-order valence-corrected chi connectivity index (χ3v) is 4.35. The van der Waals surface area contributed by atoms with Crippen LogP contribution in [0.5, 0.6) is 0 Å². The molecular formula is C19H17N5O2. The highest BCUT2D eigenvalue weighted by atomic mass is 16.2. The molecule has 0 aliphatic carbocycles. The molecule has 0 spiro atoms. The SMILES string of the molecule is Nc1c(C(=O)Nc2ccc3c(c2)C(=O)NC3)cnn1Cc1ccccc1. The second kappa shape index (κ2) is 6.36. The van der Waals surface area contributed by atoms with Crippen molar-refractivity contribution in [1.29, 1.82) is 0 Å². The molecule has 2 aromatic carbocycles. The summed E-state index contributed by atoms with van der Waals surface area (Å²) in [6, 6.07) is 15.0. The fourth-order valence-corrected chi connectivity index (χ4v) is 2.94. The average Bonchev–Trinajstić information content (AvgIpc) is 3.19. The van der Waals surface area contributed by atoms with Crippen LogP contribution in [-0.4, -0.2) is 21.6 Å². The molecular weight excluding hydrogens is 330 g/mol. The molecule has 130 valence electrons. The van der Waals surface area contributed by atoms with E-state index in [0.717, 1.165) is 11.1 Å². The van der Waals surface area contributed by atoms with Crippen LogP contribution in [0.1, 0.15) is 31.8 Å². The molecule has 4 rings (SSSR count). The summed E-state index contributed by atoms with van der Waals surface area (Å²) in [6.07, 6.45) is 1.45. The van der Waals surface area contributed by atoms with E-state index >= 15 is 0 Å². The summed E-state index contributed by atoms with van der Waals surface area (Å²) in [5, 5.41) is 9.73. The Kier molecular flexibility index (Phi) is 3.89. The van der Waals surface area contributed by atoms with E-state index in [1.54, 1.807) is 16.8 Å². The van der Waals surface area contributed by atoms with Crippen molar-refractivity contribution < 1.29 is 9.59 Å². The Balaban J connectivity index is 1.52. The number of hydrogen-bond acceptors (Lipinski definition) is 4. The molecule has 26 heavy (non-hydrogen) atoms. The Morgan fingerprint density at radius 3 is 2.85 bits per heavy atom. The minimum Gasteiger partial charge on any atom is -0.383 e. The summed E-state index contributed by atoms with van der Waals surface area (Å²) >= 11 is 0. The monoisotopic (exact) mass is 347 g/mol. The van der Waals surface area contributed by atoms with Crippen molar-refractivity contribution in [2.75, 3.05) is 11.1 Å². The number of aromatic nitrogens is 2. The van der Waals surface area contributed by atoms with Crippen molar-refractivity contribution in [1.82, 2.24) is 15.1 Å². The number of carbonyl (C=O) groups is 2. The Labute approximate surface area is 149 Å². The summed E-state index contributed by atoms with van der Waals surface area (Å²) in [6.45, 7) is 1.00. The van der Waals surface area contributed by atoms with E-state index in [-0.39, 0.29) is 11.8 Å². The molecule has 3 aromatic rings. The highest BCUT2D eigenvalue weighted by molar-refractivity contribution is 6.08. The van der Waals surface area contributed by atoms with Gasteiger partial charge in [0, 0.05) is 17.8 Å². The van der Waals surface area contributed by atoms with Gasteiger partial charge in [-0.05, 0) is 23.3 Å². The van der Waals surface area contributed by atoms with E-state index in [9.17, 15) is 9.59 Å². The lowest BCUT2D eigenvalue weighted by atomic mass is 10.1. The number of nitrogens with one attached hydrogen (secondary N) is 2. The number of benzene rings is 2. The summed E-state index contributed by atoms with van der Waals surface area (Å²) in [4.78, 5) is 24.3. The molecule has 0 bridgehead atoms. The first-order chi connectivity index (χ1) is 12.6. The number of amides is 2. The number of anilines is 2.